The number of hydrogen-bond donors (Lipinski definition) is 0. The summed E-state index contributed by atoms with van der Waals surface area (Å²) in [4.78, 5) is 2.41. The fourth-order valence-corrected chi connectivity index (χ4v) is 7.11. The molecule has 1 nitrogen and oxygen atoms in total. The lowest BCUT2D eigenvalue weighted by Crippen LogP contribution is -2.17. The highest BCUT2D eigenvalue weighted by atomic mass is 15.1. The van der Waals surface area contributed by atoms with E-state index >= 15 is 0 Å². The van der Waals surface area contributed by atoms with Crippen molar-refractivity contribution in [2.75, 3.05) is 4.90 Å². The Kier molecular flexibility index (Phi) is 6.61. The van der Waals surface area contributed by atoms with Gasteiger partial charge in [-0.15, -0.1) is 0 Å². The first kappa shape index (κ1) is 27.2. The van der Waals surface area contributed by atoms with Crippen molar-refractivity contribution >= 4 is 27.8 Å². The van der Waals surface area contributed by atoms with Crippen LogP contribution >= 0.6 is 0 Å². The van der Waals surface area contributed by atoms with Gasteiger partial charge in [-0.1, -0.05) is 147 Å². The third-order valence-corrected chi connectivity index (χ3v) is 9.47. The molecular weight excluding hydrogens is 542 g/mol. The maximum Gasteiger partial charge on any atom is 0.0540 e. The molecule has 0 saturated heterocycles. The molecule has 0 heterocycles. The average Bonchev–Trinajstić information content (AvgIpc) is 3.31. The number of para-hydroxylation sites is 1. The first-order chi connectivity index (χ1) is 22.1. The van der Waals surface area contributed by atoms with Crippen molar-refractivity contribution in [3.8, 4) is 22.3 Å². The second kappa shape index (κ2) is 10.9. The van der Waals surface area contributed by atoms with E-state index in [1.54, 1.807) is 0 Å². The van der Waals surface area contributed by atoms with Crippen molar-refractivity contribution < 1.29 is 0 Å². The van der Waals surface area contributed by atoms with E-state index in [1.165, 1.54) is 66.7 Å². The highest BCUT2D eigenvalue weighted by molar-refractivity contribution is 5.99. The molecule has 0 aromatic heterocycles. The van der Waals surface area contributed by atoms with E-state index in [2.05, 4.69) is 183 Å². The molecule has 0 N–H and O–H groups in total. The van der Waals surface area contributed by atoms with Crippen molar-refractivity contribution in [1.29, 1.82) is 0 Å². The van der Waals surface area contributed by atoms with Crippen molar-refractivity contribution in [3.05, 3.63) is 186 Å². The quantitative estimate of drug-likeness (QED) is 0.190. The molecule has 1 aliphatic rings. The smallest absolute Gasteiger partial charge is 0.0540 e. The van der Waals surface area contributed by atoms with Crippen LogP contribution in [0.3, 0.4) is 0 Å². The van der Waals surface area contributed by atoms with Crippen LogP contribution in [0.4, 0.5) is 17.1 Å². The van der Waals surface area contributed by atoms with Crippen LogP contribution in [0.15, 0.2) is 164 Å². The fraction of sp³-hybridized carbons (Fsp3) is 0.0909. The van der Waals surface area contributed by atoms with Crippen LogP contribution in [0.5, 0.6) is 0 Å². The Morgan fingerprint density at radius 3 is 1.84 bits per heavy atom. The zero-order chi connectivity index (χ0) is 30.4. The summed E-state index contributed by atoms with van der Waals surface area (Å²) in [6.45, 7) is 4.76. The standard InChI is InChI=1S/C44H35N/c1-44(2)41-29-32(28-31-20-23-34(24-21-31)33-12-5-3-6-13-33)22-26-39(41)40-27-25-37(30-42(40)44)45(36-16-7-4-8-17-36)43-19-11-15-35-14-9-10-18-38(35)43/h3-27,29-30H,28H2,1-2H3. The molecule has 7 aromatic rings. The van der Waals surface area contributed by atoms with Gasteiger partial charge in [0, 0.05) is 22.2 Å². The number of nitrogens with zero attached hydrogens (tertiary/aromatic N) is 1. The molecule has 0 radical (unpaired) electrons. The summed E-state index contributed by atoms with van der Waals surface area (Å²) in [6, 6.07) is 59.8. The summed E-state index contributed by atoms with van der Waals surface area (Å²) in [7, 11) is 0. The van der Waals surface area contributed by atoms with Gasteiger partial charge in [0.2, 0.25) is 0 Å². The molecule has 0 atom stereocenters. The van der Waals surface area contributed by atoms with Crippen LogP contribution in [0.1, 0.15) is 36.1 Å². The normalized spacial score (nSPS) is 12.9. The largest absolute Gasteiger partial charge is 0.310 e. The van der Waals surface area contributed by atoms with Crippen LogP contribution < -0.4 is 4.90 Å². The maximum absolute atomic E-state index is 2.44. The lowest BCUT2D eigenvalue weighted by Gasteiger charge is -2.29. The Labute approximate surface area is 266 Å². The van der Waals surface area contributed by atoms with E-state index in [1.807, 2.05) is 0 Å². The van der Waals surface area contributed by atoms with E-state index in [0.717, 1.165) is 12.1 Å². The molecule has 0 aliphatic heterocycles. The molecule has 0 amide bonds. The molecule has 216 valence electrons. The van der Waals surface area contributed by atoms with E-state index < -0.39 is 0 Å². The van der Waals surface area contributed by atoms with Crippen LogP contribution in [-0.4, -0.2) is 0 Å². The van der Waals surface area contributed by atoms with Crippen LogP contribution in [0, 0.1) is 0 Å². The lowest BCUT2D eigenvalue weighted by molar-refractivity contribution is 0.659. The van der Waals surface area contributed by atoms with Crippen molar-refractivity contribution in [3.63, 3.8) is 0 Å². The predicted molar refractivity (Wildman–Crippen MR) is 191 cm³/mol. The molecule has 0 spiro atoms. The number of fused-ring (bicyclic) bond motifs is 4. The van der Waals surface area contributed by atoms with E-state index in [-0.39, 0.29) is 5.41 Å². The van der Waals surface area contributed by atoms with Crippen molar-refractivity contribution in [1.82, 2.24) is 0 Å². The molecule has 0 bridgehead atoms. The molecule has 7 aromatic carbocycles. The zero-order valence-corrected chi connectivity index (χ0v) is 25.7. The van der Waals surface area contributed by atoms with Gasteiger partial charge < -0.3 is 4.90 Å². The minimum atomic E-state index is -0.116. The number of anilines is 3. The van der Waals surface area contributed by atoms with Crippen molar-refractivity contribution in [2.24, 2.45) is 0 Å². The van der Waals surface area contributed by atoms with Gasteiger partial charge in [0.1, 0.15) is 0 Å². The summed E-state index contributed by atoms with van der Waals surface area (Å²) < 4.78 is 0. The first-order valence-corrected chi connectivity index (χ1v) is 15.8. The summed E-state index contributed by atoms with van der Waals surface area (Å²) >= 11 is 0. The minimum Gasteiger partial charge on any atom is -0.310 e. The van der Waals surface area contributed by atoms with Crippen LogP contribution in [0.25, 0.3) is 33.0 Å². The number of rotatable bonds is 6. The highest BCUT2D eigenvalue weighted by Crippen LogP contribution is 2.51. The second-order valence-electron chi connectivity index (χ2n) is 12.6. The van der Waals surface area contributed by atoms with Gasteiger partial charge in [0.15, 0.2) is 0 Å². The summed E-state index contributed by atoms with van der Waals surface area (Å²) in [5.74, 6) is 0. The van der Waals surface area contributed by atoms with Gasteiger partial charge in [0.05, 0.1) is 5.69 Å². The average molecular weight is 578 g/mol. The molecule has 0 unspecified atom stereocenters. The third kappa shape index (κ3) is 4.82. The molecule has 0 saturated carbocycles. The Bertz CT molecular complexity index is 2140. The second-order valence-corrected chi connectivity index (χ2v) is 12.6. The third-order valence-electron chi connectivity index (χ3n) is 9.47. The fourth-order valence-electron chi connectivity index (χ4n) is 7.11. The highest BCUT2D eigenvalue weighted by Gasteiger charge is 2.36. The van der Waals surface area contributed by atoms with Crippen LogP contribution in [-0.2, 0) is 11.8 Å². The molecule has 45 heavy (non-hydrogen) atoms. The lowest BCUT2D eigenvalue weighted by atomic mass is 9.81. The maximum atomic E-state index is 2.44. The molecular formula is C44H35N. The Morgan fingerprint density at radius 2 is 1.07 bits per heavy atom. The molecule has 8 rings (SSSR count). The summed E-state index contributed by atoms with van der Waals surface area (Å²) in [5.41, 5.74) is 14.1. The molecule has 1 aliphatic carbocycles. The Hall–Kier alpha value is -5.40. The predicted octanol–water partition coefficient (Wildman–Crippen LogP) is 11.9. The Balaban J connectivity index is 1.15. The van der Waals surface area contributed by atoms with E-state index in [4.69, 9.17) is 0 Å². The molecule has 1 heteroatoms. The van der Waals surface area contributed by atoms with Crippen molar-refractivity contribution in [2.45, 2.75) is 25.7 Å². The van der Waals surface area contributed by atoms with Gasteiger partial charge >= 0.3 is 0 Å². The summed E-state index contributed by atoms with van der Waals surface area (Å²) in [6.07, 6.45) is 0.920. The van der Waals surface area contributed by atoms with Gasteiger partial charge in [0.25, 0.3) is 0 Å². The van der Waals surface area contributed by atoms with Gasteiger partial charge in [-0.3, -0.25) is 0 Å². The number of benzene rings is 7. The van der Waals surface area contributed by atoms with Gasteiger partial charge in [-0.2, -0.15) is 0 Å². The van der Waals surface area contributed by atoms with Gasteiger partial charge in [-0.25, -0.2) is 0 Å². The SMILES string of the molecule is CC1(C)c2cc(Cc3ccc(-c4ccccc4)cc3)ccc2-c2ccc(N(c3ccccc3)c3cccc4ccccc34)cc21. The monoisotopic (exact) mass is 577 g/mol. The molecule has 0 fully saturated rings. The van der Waals surface area contributed by atoms with E-state index in [0.29, 0.717) is 0 Å². The van der Waals surface area contributed by atoms with Gasteiger partial charge in [-0.05, 0) is 86.6 Å². The van der Waals surface area contributed by atoms with E-state index in [9.17, 15) is 0 Å². The topological polar surface area (TPSA) is 3.24 Å². The first-order valence-electron chi connectivity index (χ1n) is 15.8. The number of hydrogen-bond acceptors (Lipinski definition) is 1. The zero-order valence-electron chi connectivity index (χ0n) is 25.7. The van der Waals surface area contributed by atoms with Crippen LogP contribution in [0.2, 0.25) is 0 Å². The Morgan fingerprint density at radius 1 is 0.467 bits per heavy atom. The minimum absolute atomic E-state index is 0.116. The summed E-state index contributed by atoms with van der Waals surface area (Å²) in [5, 5.41) is 2.49.